The van der Waals surface area contributed by atoms with Crippen LogP contribution in [-0.2, 0) is 20.8 Å². The molecular weight excluding hydrogens is 448 g/mol. The van der Waals surface area contributed by atoms with E-state index in [9.17, 15) is 4.79 Å². The van der Waals surface area contributed by atoms with Crippen molar-refractivity contribution in [2.75, 3.05) is 38.7 Å². The van der Waals surface area contributed by atoms with E-state index < -0.39 is 0 Å². The first-order chi connectivity index (χ1) is 17.1. The predicted octanol–water partition coefficient (Wildman–Crippen LogP) is 0.949. The number of amides is 1. The highest BCUT2D eigenvalue weighted by Gasteiger charge is 2.26. The van der Waals surface area contributed by atoms with E-state index in [2.05, 4.69) is 16.1 Å². The number of carbonyl (C=O) groups is 1. The van der Waals surface area contributed by atoms with Crippen LogP contribution in [0, 0.1) is 0 Å². The molecule has 2 aliphatic heterocycles. The molecule has 35 heavy (non-hydrogen) atoms. The predicted molar refractivity (Wildman–Crippen MR) is 131 cm³/mol. The van der Waals surface area contributed by atoms with E-state index >= 15 is 0 Å². The number of rotatable bonds is 6. The molecule has 1 aromatic carbocycles. The van der Waals surface area contributed by atoms with Gasteiger partial charge in [-0.3, -0.25) is 4.79 Å². The number of nitrogens with two attached hydrogens (primary N) is 3. The van der Waals surface area contributed by atoms with Crippen molar-refractivity contribution in [3.63, 3.8) is 0 Å². The molecule has 0 saturated carbocycles. The Kier molecular flexibility index (Phi) is 6.53. The second kappa shape index (κ2) is 9.90. The van der Waals surface area contributed by atoms with Crippen molar-refractivity contribution in [2.24, 2.45) is 11.6 Å². The minimum Gasteiger partial charge on any atom is -0.403 e. The minimum atomic E-state index is -0.00790. The third kappa shape index (κ3) is 4.53. The Bertz CT molecular complexity index is 1250. The van der Waals surface area contributed by atoms with Crippen LogP contribution in [0.25, 0.3) is 22.5 Å². The summed E-state index contributed by atoms with van der Waals surface area (Å²) in [5.41, 5.74) is 17.2. The number of aromatic nitrogens is 3. The van der Waals surface area contributed by atoms with Crippen LogP contribution in [0.5, 0.6) is 0 Å². The Balaban J connectivity index is 1.53. The molecule has 0 spiro atoms. The number of nitrogens with zero attached hydrogens (tertiary/aromatic N) is 5. The molecular formula is C24H30N8O3. The van der Waals surface area contributed by atoms with Gasteiger partial charge in [0.15, 0.2) is 5.82 Å². The third-order valence-corrected chi connectivity index (χ3v) is 6.56. The molecule has 2 aliphatic rings. The zero-order chi connectivity index (χ0) is 24.4. The summed E-state index contributed by atoms with van der Waals surface area (Å²) < 4.78 is 12.5. The highest BCUT2D eigenvalue weighted by molar-refractivity contribution is 5.88. The molecule has 11 heteroatoms. The Morgan fingerprint density at radius 1 is 1.20 bits per heavy atom. The molecule has 4 heterocycles. The molecule has 5 rings (SSSR count). The van der Waals surface area contributed by atoms with E-state index in [1.54, 1.807) is 14.4 Å². The zero-order valence-electron chi connectivity index (χ0n) is 19.5. The summed E-state index contributed by atoms with van der Waals surface area (Å²) in [4.78, 5) is 18.2. The average Bonchev–Trinajstić information content (AvgIpc) is 3.27. The van der Waals surface area contributed by atoms with Crippen molar-refractivity contribution in [1.82, 2.24) is 24.5 Å². The molecule has 11 nitrogen and oxygen atoms in total. The summed E-state index contributed by atoms with van der Waals surface area (Å²) in [6, 6.07) is 10.1. The van der Waals surface area contributed by atoms with Crippen LogP contribution >= 0.6 is 0 Å². The maximum atomic E-state index is 12.2. The number of carbonyl (C=O) groups excluding carboxylic acids is 1. The number of hydrogen-bond donors (Lipinski definition) is 3. The van der Waals surface area contributed by atoms with Crippen LogP contribution in [0.15, 0.2) is 42.9 Å². The number of hydrazine groups is 1. The largest absolute Gasteiger partial charge is 0.403 e. The number of benzene rings is 1. The molecule has 0 bridgehead atoms. The van der Waals surface area contributed by atoms with Crippen LogP contribution in [-0.4, -0.2) is 69.4 Å². The molecule has 6 N–H and O–H groups in total. The van der Waals surface area contributed by atoms with Crippen LogP contribution in [0.3, 0.4) is 0 Å². The topological polar surface area (TPSA) is 150 Å². The van der Waals surface area contributed by atoms with Gasteiger partial charge < -0.3 is 30.8 Å². The summed E-state index contributed by atoms with van der Waals surface area (Å²) in [6.45, 7) is 3.07. The summed E-state index contributed by atoms with van der Waals surface area (Å²) in [5, 5.41) is 6.19. The molecule has 1 amide bonds. The van der Waals surface area contributed by atoms with Crippen molar-refractivity contribution in [2.45, 2.75) is 25.4 Å². The van der Waals surface area contributed by atoms with Gasteiger partial charge in [0, 0.05) is 49.7 Å². The summed E-state index contributed by atoms with van der Waals surface area (Å²) >= 11 is 0. The van der Waals surface area contributed by atoms with Gasteiger partial charge in [0.05, 0.1) is 18.0 Å². The summed E-state index contributed by atoms with van der Waals surface area (Å²) in [6.07, 6.45) is 4.54. The SMILES string of the molecule is N/C=C(/c1cc(-c2cccc(CN3CCOCC3=O)c2)n2ncnc(N)c12)N(N)C1CCOCC1. The van der Waals surface area contributed by atoms with E-state index in [1.165, 1.54) is 12.5 Å². The quantitative estimate of drug-likeness (QED) is 0.347. The van der Waals surface area contributed by atoms with Gasteiger partial charge in [-0.1, -0.05) is 18.2 Å². The summed E-state index contributed by atoms with van der Waals surface area (Å²) in [7, 11) is 0. The lowest BCUT2D eigenvalue weighted by atomic mass is 10.0. The molecule has 2 aromatic heterocycles. The van der Waals surface area contributed by atoms with Crippen molar-refractivity contribution in [3.05, 3.63) is 54.0 Å². The van der Waals surface area contributed by atoms with E-state index in [4.69, 9.17) is 26.8 Å². The number of hydrogen-bond acceptors (Lipinski definition) is 9. The molecule has 0 unspecified atom stereocenters. The molecule has 3 aromatic rings. The second-order valence-corrected chi connectivity index (χ2v) is 8.72. The highest BCUT2D eigenvalue weighted by atomic mass is 16.5. The third-order valence-electron chi connectivity index (χ3n) is 6.56. The molecule has 0 aliphatic carbocycles. The number of ether oxygens (including phenoxy) is 2. The Hall–Kier alpha value is -3.67. The first kappa shape index (κ1) is 23.1. The molecule has 184 valence electrons. The molecule has 0 atom stereocenters. The van der Waals surface area contributed by atoms with Crippen molar-refractivity contribution in [1.29, 1.82) is 0 Å². The van der Waals surface area contributed by atoms with Crippen molar-refractivity contribution < 1.29 is 14.3 Å². The van der Waals surface area contributed by atoms with Crippen LogP contribution in [0.4, 0.5) is 5.82 Å². The van der Waals surface area contributed by atoms with Gasteiger partial charge in [0.1, 0.15) is 18.5 Å². The van der Waals surface area contributed by atoms with Crippen molar-refractivity contribution in [3.8, 4) is 11.3 Å². The molecule has 2 saturated heterocycles. The Morgan fingerprint density at radius 3 is 2.80 bits per heavy atom. The van der Waals surface area contributed by atoms with Crippen molar-refractivity contribution >= 4 is 22.9 Å². The summed E-state index contributed by atoms with van der Waals surface area (Å²) in [5.74, 6) is 6.88. The molecule has 2 fully saturated rings. The maximum absolute atomic E-state index is 12.2. The fourth-order valence-electron chi connectivity index (χ4n) is 4.71. The lowest BCUT2D eigenvalue weighted by Gasteiger charge is -2.33. The zero-order valence-corrected chi connectivity index (χ0v) is 19.5. The standard InChI is InChI=1S/C24H30N8O3/c25-12-21(31(27)18-4-7-34-8-5-18)19-11-20(32-23(19)24(26)28-15-29-32)17-3-1-2-16(10-17)13-30-6-9-35-14-22(30)33/h1-3,10-12,15,18H,4-9,13-14,25,27H2,(H2,26,28,29)/b21-12-. The van der Waals surface area contributed by atoms with E-state index in [0.717, 1.165) is 35.2 Å². The average molecular weight is 479 g/mol. The van der Waals surface area contributed by atoms with Gasteiger partial charge in [-0.25, -0.2) is 15.3 Å². The van der Waals surface area contributed by atoms with Gasteiger partial charge in [-0.15, -0.1) is 0 Å². The molecule has 0 radical (unpaired) electrons. The second-order valence-electron chi connectivity index (χ2n) is 8.72. The van der Waals surface area contributed by atoms with E-state index in [-0.39, 0.29) is 18.6 Å². The van der Waals surface area contributed by atoms with Gasteiger partial charge in [0.25, 0.3) is 0 Å². The number of morpholine rings is 1. The van der Waals surface area contributed by atoms with Gasteiger partial charge in [-0.05, 0) is 30.5 Å². The maximum Gasteiger partial charge on any atom is 0.248 e. The first-order valence-corrected chi connectivity index (χ1v) is 11.7. The lowest BCUT2D eigenvalue weighted by molar-refractivity contribution is -0.143. The number of fused-ring (bicyclic) bond motifs is 1. The van der Waals surface area contributed by atoms with Gasteiger partial charge >= 0.3 is 0 Å². The van der Waals surface area contributed by atoms with Gasteiger partial charge in [0.2, 0.25) is 5.91 Å². The first-order valence-electron chi connectivity index (χ1n) is 11.7. The monoisotopic (exact) mass is 478 g/mol. The van der Waals surface area contributed by atoms with E-state index in [0.29, 0.717) is 49.9 Å². The van der Waals surface area contributed by atoms with E-state index in [1.807, 2.05) is 24.3 Å². The minimum absolute atomic E-state index is 0.00790. The Labute approximate surface area is 203 Å². The fourth-order valence-corrected chi connectivity index (χ4v) is 4.71. The number of nitrogen functional groups attached to an aromatic ring is 1. The fraction of sp³-hybridized carbons (Fsp3) is 0.375. The highest BCUT2D eigenvalue weighted by Crippen LogP contribution is 2.34. The smallest absolute Gasteiger partial charge is 0.248 e. The Morgan fingerprint density at radius 2 is 2.03 bits per heavy atom. The number of anilines is 1. The van der Waals surface area contributed by atoms with Crippen LogP contribution < -0.4 is 17.3 Å². The van der Waals surface area contributed by atoms with Crippen LogP contribution in [0.2, 0.25) is 0 Å². The van der Waals surface area contributed by atoms with Crippen LogP contribution in [0.1, 0.15) is 24.0 Å². The normalized spacial score (nSPS) is 17.8. The lowest BCUT2D eigenvalue weighted by Crippen LogP contribution is -2.43. The van der Waals surface area contributed by atoms with Gasteiger partial charge in [-0.2, -0.15) is 5.10 Å².